The van der Waals surface area contributed by atoms with Gasteiger partial charge in [-0.3, -0.25) is 10.2 Å². The highest BCUT2D eigenvalue weighted by atomic mass is 16.1. The third kappa shape index (κ3) is 4.76. The van der Waals surface area contributed by atoms with Gasteiger partial charge in [-0.25, -0.2) is 0 Å². The second-order valence-corrected chi connectivity index (χ2v) is 3.23. The van der Waals surface area contributed by atoms with Crippen LogP contribution in [0.5, 0.6) is 0 Å². The van der Waals surface area contributed by atoms with E-state index in [9.17, 15) is 4.79 Å². The van der Waals surface area contributed by atoms with Gasteiger partial charge in [0, 0.05) is 6.21 Å². The molecule has 0 aliphatic rings. The molecule has 0 fully saturated rings. The van der Waals surface area contributed by atoms with Crippen LogP contribution in [0.1, 0.15) is 12.5 Å². The minimum absolute atomic E-state index is 0.0111. The molecular weight excluding hydrogens is 188 g/mol. The lowest BCUT2D eigenvalue weighted by Crippen LogP contribution is -1.88. The maximum atomic E-state index is 10.6. The molecule has 0 spiro atoms. The molecule has 0 amide bonds. The number of hydrogen-bond acceptors (Lipinski definition) is 3. The van der Waals surface area contributed by atoms with Crippen molar-refractivity contribution < 1.29 is 4.79 Å². The van der Waals surface area contributed by atoms with Crippen LogP contribution in [-0.4, -0.2) is 12.0 Å². The summed E-state index contributed by atoms with van der Waals surface area (Å²) in [7, 11) is 0. The fourth-order valence-electron chi connectivity index (χ4n) is 1.05. The van der Waals surface area contributed by atoms with Gasteiger partial charge in [-0.15, -0.1) is 0 Å². The molecule has 0 unspecified atom stereocenters. The van der Waals surface area contributed by atoms with E-state index in [0.29, 0.717) is 0 Å². The lowest BCUT2D eigenvalue weighted by atomic mass is 10.2. The fraction of sp³-hybridized carbons (Fsp3) is 0.167. The van der Waals surface area contributed by atoms with Gasteiger partial charge in [-0.05, 0) is 43.7 Å². The van der Waals surface area contributed by atoms with Crippen molar-refractivity contribution in [1.82, 2.24) is 0 Å². The Labute approximate surface area is 89.5 Å². The van der Waals surface area contributed by atoms with Gasteiger partial charge in [0.1, 0.15) is 0 Å². The fourth-order valence-corrected chi connectivity index (χ4v) is 1.05. The van der Waals surface area contributed by atoms with E-state index in [1.807, 2.05) is 31.2 Å². The summed E-state index contributed by atoms with van der Waals surface area (Å²) in [6, 6.07) is 7.90. The summed E-state index contributed by atoms with van der Waals surface area (Å²) < 4.78 is 0. The van der Waals surface area contributed by atoms with E-state index in [0.717, 1.165) is 5.69 Å². The Hall–Kier alpha value is -1.90. The summed E-state index contributed by atoms with van der Waals surface area (Å²) in [5.41, 5.74) is 4.97. The molecule has 15 heavy (non-hydrogen) atoms. The molecule has 0 aliphatic carbocycles. The van der Waals surface area contributed by atoms with Gasteiger partial charge in [0.25, 0.3) is 0 Å². The van der Waals surface area contributed by atoms with Crippen molar-refractivity contribution in [2.45, 2.75) is 13.8 Å². The molecule has 0 aromatic heterocycles. The second-order valence-electron chi connectivity index (χ2n) is 3.23. The Morgan fingerprint density at radius 3 is 2.93 bits per heavy atom. The molecule has 3 nitrogen and oxygen atoms in total. The first kappa shape index (κ1) is 11.2. The molecule has 1 aromatic carbocycles. The monoisotopic (exact) mass is 202 g/mol. The van der Waals surface area contributed by atoms with E-state index in [1.165, 1.54) is 18.6 Å². The molecule has 0 aliphatic heterocycles. The van der Waals surface area contributed by atoms with Crippen LogP contribution in [0.2, 0.25) is 0 Å². The molecule has 78 valence electrons. The number of allylic oxidation sites excluding steroid dienone is 2. The second kappa shape index (κ2) is 5.75. The average Bonchev–Trinajstić information content (AvgIpc) is 2.17. The normalized spacial score (nSPS) is 11.1. The standard InChI is InChI=1S/C12H14N2O/c1-10-5-3-7-12(9-10)14-13-8-4-6-11(2)15/h3-9,14H,1-2H3/b6-4+,13-8+. The van der Waals surface area contributed by atoms with Gasteiger partial charge < -0.3 is 0 Å². The Kier molecular flexibility index (Phi) is 4.29. The van der Waals surface area contributed by atoms with Gasteiger partial charge >= 0.3 is 0 Å². The number of hydrazone groups is 1. The first-order chi connectivity index (χ1) is 7.18. The van der Waals surface area contributed by atoms with Gasteiger partial charge in [0.2, 0.25) is 0 Å². The smallest absolute Gasteiger partial charge is 0.152 e. The Bertz CT molecular complexity index is 394. The summed E-state index contributed by atoms with van der Waals surface area (Å²) in [6.07, 6.45) is 4.61. The number of carbonyl (C=O) groups excluding carboxylic acids is 1. The van der Waals surface area contributed by atoms with Crippen molar-refractivity contribution in [2.24, 2.45) is 5.10 Å². The number of anilines is 1. The predicted molar refractivity (Wildman–Crippen MR) is 63.1 cm³/mol. The van der Waals surface area contributed by atoms with Gasteiger partial charge in [0.15, 0.2) is 5.78 Å². The average molecular weight is 202 g/mol. The third-order valence-electron chi connectivity index (χ3n) is 1.70. The van der Waals surface area contributed by atoms with Crippen LogP contribution in [0.3, 0.4) is 0 Å². The predicted octanol–water partition coefficient (Wildman–Crippen LogP) is 2.54. The molecule has 0 bridgehead atoms. The number of aryl methyl sites for hydroxylation is 1. The van der Waals surface area contributed by atoms with Crippen molar-refractivity contribution in [2.75, 3.05) is 5.43 Å². The maximum absolute atomic E-state index is 10.6. The summed E-state index contributed by atoms with van der Waals surface area (Å²) >= 11 is 0. The first-order valence-corrected chi connectivity index (χ1v) is 4.71. The molecule has 1 N–H and O–H groups in total. The van der Waals surface area contributed by atoms with Crippen LogP contribution in [0, 0.1) is 6.92 Å². The molecular formula is C12H14N2O. The van der Waals surface area contributed by atoms with E-state index >= 15 is 0 Å². The van der Waals surface area contributed by atoms with Gasteiger partial charge in [0.05, 0.1) is 5.69 Å². The van der Waals surface area contributed by atoms with Crippen molar-refractivity contribution in [3.05, 3.63) is 42.0 Å². The van der Waals surface area contributed by atoms with E-state index in [-0.39, 0.29) is 5.78 Å². The van der Waals surface area contributed by atoms with Crippen molar-refractivity contribution >= 4 is 17.7 Å². The molecule has 0 heterocycles. The number of ketones is 1. The van der Waals surface area contributed by atoms with Crippen LogP contribution in [-0.2, 0) is 4.79 Å². The number of nitrogens with zero attached hydrogens (tertiary/aromatic N) is 1. The van der Waals surface area contributed by atoms with Crippen LogP contribution in [0.4, 0.5) is 5.69 Å². The molecule has 0 atom stereocenters. The number of hydrogen-bond donors (Lipinski definition) is 1. The molecule has 1 rings (SSSR count). The number of carbonyl (C=O) groups is 1. The molecule has 1 aromatic rings. The highest BCUT2D eigenvalue weighted by molar-refractivity contribution is 5.91. The van der Waals surface area contributed by atoms with Crippen LogP contribution < -0.4 is 5.43 Å². The Morgan fingerprint density at radius 2 is 2.27 bits per heavy atom. The van der Waals surface area contributed by atoms with E-state index in [1.54, 1.807) is 12.3 Å². The van der Waals surface area contributed by atoms with Crippen molar-refractivity contribution in [1.29, 1.82) is 0 Å². The summed E-state index contributed by atoms with van der Waals surface area (Å²) in [6.45, 7) is 3.52. The van der Waals surface area contributed by atoms with Crippen molar-refractivity contribution in [3.63, 3.8) is 0 Å². The molecule has 0 saturated heterocycles. The topological polar surface area (TPSA) is 41.5 Å². The lowest BCUT2D eigenvalue weighted by molar-refractivity contribution is -0.112. The van der Waals surface area contributed by atoms with Crippen LogP contribution in [0.15, 0.2) is 41.5 Å². The quantitative estimate of drug-likeness (QED) is 0.463. The SMILES string of the molecule is CC(=O)/C=C/C=N/Nc1cccc(C)c1. The Morgan fingerprint density at radius 1 is 1.47 bits per heavy atom. The largest absolute Gasteiger partial charge is 0.295 e. The molecule has 3 heteroatoms. The lowest BCUT2D eigenvalue weighted by Gasteiger charge is -1.99. The number of benzene rings is 1. The summed E-state index contributed by atoms with van der Waals surface area (Å²) in [5, 5.41) is 3.94. The zero-order chi connectivity index (χ0) is 11.1. The molecule has 0 saturated carbocycles. The van der Waals surface area contributed by atoms with Gasteiger partial charge in [-0.2, -0.15) is 5.10 Å². The zero-order valence-corrected chi connectivity index (χ0v) is 8.90. The maximum Gasteiger partial charge on any atom is 0.152 e. The minimum Gasteiger partial charge on any atom is -0.295 e. The van der Waals surface area contributed by atoms with Crippen LogP contribution >= 0.6 is 0 Å². The van der Waals surface area contributed by atoms with E-state index in [2.05, 4.69) is 10.5 Å². The van der Waals surface area contributed by atoms with Crippen LogP contribution in [0.25, 0.3) is 0 Å². The van der Waals surface area contributed by atoms with Gasteiger partial charge in [-0.1, -0.05) is 12.1 Å². The highest BCUT2D eigenvalue weighted by Crippen LogP contribution is 2.08. The summed E-state index contributed by atoms with van der Waals surface area (Å²) in [5.74, 6) is 0.0111. The first-order valence-electron chi connectivity index (χ1n) is 4.71. The van der Waals surface area contributed by atoms with E-state index in [4.69, 9.17) is 0 Å². The Balaban J connectivity index is 2.47. The number of rotatable bonds is 4. The van der Waals surface area contributed by atoms with Crippen molar-refractivity contribution in [3.8, 4) is 0 Å². The van der Waals surface area contributed by atoms with E-state index < -0.39 is 0 Å². The zero-order valence-electron chi connectivity index (χ0n) is 8.90. The number of nitrogens with one attached hydrogen (secondary N) is 1. The third-order valence-corrected chi connectivity index (χ3v) is 1.70. The summed E-state index contributed by atoms with van der Waals surface area (Å²) in [4.78, 5) is 10.6. The highest BCUT2D eigenvalue weighted by Gasteiger charge is 1.87. The molecule has 0 radical (unpaired) electrons. The minimum atomic E-state index is 0.0111.